The van der Waals surface area contributed by atoms with Crippen molar-refractivity contribution in [1.29, 1.82) is 5.26 Å². The lowest BCUT2D eigenvalue weighted by atomic mass is 10.1. The minimum absolute atomic E-state index is 0.0415. The van der Waals surface area contributed by atoms with Crippen LogP contribution in [0.1, 0.15) is 36.1 Å². The van der Waals surface area contributed by atoms with E-state index in [4.69, 9.17) is 14.5 Å². The Labute approximate surface area is 229 Å². The smallest absolute Gasteiger partial charge is 0.266 e. The van der Waals surface area contributed by atoms with Crippen LogP contribution in [0, 0.1) is 18.3 Å². The Bertz CT molecular complexity index is 1430. The third-order valence-electron chi connectivity index (χ3n) is 5.70. The number of carbonyl (C=O) groups excluding carboxylic acids is 1. The lowest BCUT2D eigenvalue weighted by molar-refractivity contribution is -0.123. The van der Waals surface area contributed by atoms with Gasteiger partial charge in [0.15, 0.2) is 16.7 Å². The third-order valence-corrected chi connectivity index (χ3v) is 7.37. The molecule has 1 amide bonds. The first-order valence-electron chi connectivity index (χ1n) is 11.7. The van der Waals surface area contributed by atoms with E-state index in [9.17, 15) is 10.1 Å². The summed E-state index contributed by atoms with van der Waals surface area (Å²) in [6, 6.07) is 21.0. The second-order valence-electron chi connectivity index (χ2n) is 8.69. The van der Waals surface area contributed by atoms with Crippen molar-refractivity contribution in [3.05, 3.63) is 92.3 Å². The molecule has 0 saturated carbocycles. The van der Waals surface area contributed by atoms with Gasteiger partial charge in [0, 0.05) is 16.1 Å². The quantitative estimate of drug-likeness (QED) is 0.278. The number of hydrogen-bond donors (Lipinski definition) is 0. The van der Waals surface area contributed by atoms with E-state index in [1.54, 1.807) is 18.1 Å². The summed E-state index contributed by atoms with van der Waals surface area (Å²) in [5, 5.41) is 9.98. The number of nitrogens with zero attached hydrogens (tertiary/aromatic N) is 3. The van der Waals surface area contributed by atoms with E-state index in [2.05, 4.69) is 22.0 Å². The SMILES string of the molecule is COc1cc(/C=C2/SC(=Nc3ccc(C)cc3)N(C(C)C)C2=O)c(Br)cc1OCc1ccccc1C#N. The molecule has 1 heterocycles. The highest BCUT2D eigenvalue weighted by atomic mass is 79.9. The van der Waals surface area contributed by atoms with Crippen molar-refractivity contribution in [2.24, 2.45) is 4.99 Å². The van der Waals surface area contributed by atoms with Crippen LogP contribution in [0.4, 0.5) is 5.69 Å². The average Bonchev–Trinajstić information content (AvgIpc) is 3.19. The van der Waals surface area contributed by atoms with Gasteiger partial charge in [-0.2, -0.15) is 5.26 Å². The molecule has 8 heteroatoms. The van der Waals surface area contributed by atoms with Gasteiger partial charge < -0.3 is 9.47 Å². The van der Waals surface area contributed by atoms with Gasteiger partial charge in [-0.05, 0) is 74.5 Å². The van der Waals surface area contributed by atoms with Gasteiger partial charge in [-0.3, -0.25) is 9.69 Å². The van der Waals surface area contributed by atoms with Crippen LogP contribution < -0.4 is 9.47 Å². The standard InChI is InChI=1S/C29H26BrN3O3S/c1-18(2)33-28(34)27(37-29(33)32-23-11-9-19(3)10-12-23)14-22-13-25(35-4)26(15-24(22)30)36-17-21-8-6-5-7-20(21)16-31/h5-15,18H,17H2,1-4H3/b27-14+,32-29?. The Hall–Kier alpha value is -3.54. The second-order valence-corrected chi connectivity index (χ2v) is 10.6. The number of benzene rings is 3. The minimum Gasteiger partial charge on any atom is -0.493 e. The number of nitriles is 1. The molecule has 0 bridgehead atoms. The monoisotopic (exact) mass is 575 g/mol. The van der Waals surface area contributed by atoms with Gasteiger partial charge in [-0.25, -0.2) is 4.99 Å². The van der Waals surface area contributed by atoms with Crippen LogP contribution in [0.3, 0.4) is 0 Å². The average molecular weight is 577 g/mol. The summed E-state index contributed by atoms with van der Waals surface area (Å²) in [5.74, 6) is 0.958. The molecule has 1 aliphatic rings. The molecule has 0 aliphatic carbocycles. The summed E-state index contributed by atoms with van der Waals surface area (Å²) in [6.07, 6.45) is 1.83. The maximum absolute atomic E-state index is 13.3. The number of carbonyl (C=O) groups is 1. The van der Waals surface area contributed by atoms with Gasteiger partial charge in [0.1, 0.15) is 6.61 Å². The number of halogens is 1. The summed E-state index contributed by atoms with van der Waals surface area (Å²) in [6.45, 7) is 6.20. The molecule has 0 radical (unpaired) electrons. The molecule has 0 spiro atoms. The Kier molecular flexibility index (Phi) is 8.37. The largest absolute Gasteiger partial charge is 0.493 e. The summed E-state index contributed by atoms with van der Waals surface area (Å²) < 4.78 is 12.3. The fraction of sp³-hybridized carbons (Fsp3) is 0.207. The molecule has 0 atom stereocenters. The number of rotatable bonds is 7. The fourth-order valence-corrected chi connectivity index (χ4v) is 5.28. The lowest BCUT2D eigenvalue weighted by Crippen LogP contribution is -2.35. The Balaban J connectivity index is 1.62. The summed E-state index contributed by atoms with van der Waals surface area (Å²) in [7, 11) is 1.57. The van der Waals surface area contributed by atoms with E-state index in [0.29, 0.717) is 27.1 Å². The van der Waals surface area contributed by atoms with E-state index in [-0.39, 0.29) is 18.6 Å². The third kappa shape index (κ3) is 6.07. The highest BCUT2D eigenvalue weighted by Gasteiger charge is 2.35. The Morgan fingerprint density at radius 3 is 2.54 bits per heavy atom. The van der Waals surface area contributed by atoms with Gasteiger partial charge in [-0.15, -0.1) is 0 Å². The molecular formula is C29H26BrN3O3S. The van der Waals surface area contributed by atoms with E-state index in [1.165, 1.54) is 11.8 Å². The maximum Gasteiger partial charge on any atom is 0.266 e. The normalized spacial score (nSPS) is 15.5. The van der Waals surface area contributed by atoms with Crippen molar-refractivity contribution >= 4 is 50.5 Å². The van der Waals surface area contributed by atoms with E-state index in [1.807, 2.05) is 81.4 Å². The number of amides is 1. The topological polar surface area (TPSA) is 74.9 Å². The summed E-state index contributed by atoms with van der Waals surface area (Å²) in [5.41, 5.74) is 4.08. The summed E-state index contributed by atoms with van der Waals surface area (Å²) in [4.78, 5) is 20.3. The molecule has 3 aromatic carbocycles. The number of ether oxygens (including phenoxy) is 2. The highest BCUT2D eigenvalue weighted by Crippen LogP contribution is 2.39. The van der Waals surface area contributed by atoms with E-state index < -0.39 is 0 Å². The molecule has 37 heavy (non-hydrogen) atoms. The van der Waals surface area contributed by atoms with Gasteiger partial charge in [-0.1, -0.05) is 51.8 Å². The number of amidine groups is 1. The minimum atomic E-state index is -0.0924. The first kappa shape index (κ1) is 26.5. The number of aliphatic imine (C=N–C) groups is 1. The fourth-order valence-electron chi connectivity index (χ4n) is 3.74. The molecule has 6 nitrogen and oxygen atoms in total. The Morgan fingerprint density at radius 2 is 1.86 bits per heavy atom. The second kappa shape index (κ2) is 11.7. The van der Waals surface area contributed by atoms with Crippen molar-refractivity contribution in [1.82, 2.24) is 4.90 Å². The highest BCUT2D eigenvalue weighted by molar-refractivity contribution is 9.10. The first-order valence-corrected chi connectivity index (χ1v) is 13.3. The zero-order valence-corrected chi connectivity index (χ0v) is 23.4. The molecule has 1 saturated heterocycles. The molecule has 0 unspecified atom stereocenters. The number of thioether (sulfide) groups is 1. The maximum atomic E-state index is 13.3. The van der Waals surface area contributed by atoms with Crippen LogP contribution in [0.25, 0.3) is 6.08 Å². The van der Waals surface area contributed by atoms with E-state index in [0.717, 1.165) is 26.9 Å². The predicted molar refractivity (Wildman–Crippen MR) is 152 cm³/mol. The molecule has 3 aromatic rings. The first-order chi connectivity index (χ1) is 17.8. The van der Waals surface area contributed by atoms with Gasteiger partial charge in [0.05, 0.1) is 29.3 Å². The van der Waals surface area contributed by atoms with Crippen LogP contribution in [-0.4, -0.2) is 29.1 Å². The van der Waals surface area contributed by atoms with Crippen molar-refractivity contribution in [2.75, 3.05) is 7.11 Å². The lowest BCUT2D eigenvalue weighted by Gasteiger charge is -2.19. The molecule has 0 aromatic heterocycles. The Morgan fingerprint density at radius 1 is 1.14 bits per heavy atom. The van der Waals surface area contributed by atoms with Crippen LogP contribution in [0.2, 0.25) is 0 Å². The number of methoxy groups -OCH3 is 1. The molecule has 1 fully saturated rings. The molecule has 188 valence electrons. The van der Waals surface area contributed by atoms with Crippen molar-refractivity contribution in [3.63, 3.8) is 0 Å². The number of aryl methyl sites for hydroxylation is 1. The summed E-state index contributed by atoms with van der Waals surface area (Å²) >= 11 is 4.97. The predicted octanol–water partition coefficient (Wildman–Crippen LogP) is 7.23. The molecular weight excluding hydrogens is 550 g/mol. The van der Waals surface area contributed by atoms with Gasteiger partial charge in [0.25, 0.3) is 5.91 Å². The zero-order valence-electron chi connectivity index (χ0n) is 21.0. The van der Waals surface area contributed by atoms with Crippen LogP contribution in [-0.2, 0) is 11.4 Å². The van der Waals surface area contributed by atoms with Crippen molar-refractivity contribution < 1.29 is 14.3 Å². The van der Waals surface area contributed by atoms with Gasteiger partial charge >= 0.3 is 0 Å². The molecule has 4 rings (SSSR count). The van der Waals surface area contributed by atoms with Gasteiger partial charge in [0.2, 0.25) is 0 Å². The molecule has 0 N–H and O–H groups in total. The molecule has 1 aliphatic heterocycles. The zero-order chi connectivity index (χ0) is 26.5. The van der Waals surface area contributed by atoms with Crippen LogP contribution >= 0.6 is 27.7 Å². The van der Waals surface area contributed by atoms with Crippen molar-refractivity contribution in [3.8, 4) is 17.6 Å². The number of hydrogen-bond acceptors (Lipinski definition) is 6. The van der Waals surface area contributed by atoms with Crippen LogP contribution in [0.5, 0.6) is 11.5 Å². The van der Waals surface area contributed by atoms with Crippen molar-refractivity contribution in [2.45, 2.75) is 33.4 Å². The van der Waals surface area contributed by atoms with Crippen LogP contribution in [0.15, 0.2) is 75.0 Å². The van der Waals surface area contributed by atoms with E-state index >= 15 is 0 Å².